The number of rotatable bonds is 3. The molecule has 0 aliphatic carbocycles. The summed E-state index contributed by atoms with van der Waals surface area (Å²) in [5, 5.41) is 0. The van der Waals surface area contributed by atoms with Crippen LogP contribution in [0.15, 0.2) is 17.1 Å². The predicted molar refractivity (Wildman–Crippen MR) is 75.3 cm³/mol. The third-order valence-corrected chi connectivity index (χ3v) is 4.05. The summed E-state index contributed by atoms with van der Waals surface area (Å²) >= 11 is 1.65. The van der Waals surface area contributed by atoms with Crippen molar-refractivity contribution in [3.63, 3.8) is 0 Å². The van der Waals surface area contributed by atoms with Crippen LogP contribution in [0.5, 0.6) is 0 Å². The number of aromatic amines is 1. The minimum atomic E-state index is -0.156. The molecule has 1 unspecified atom stereocenters. The number of thioether (sulfide) groups is 1. The number of aryl methyl sites for hydroxylation is 1. The van der Waals surface area contributed by atoms with Gasteiger partial charge in [0, 0.05) is 24.4 Å². The molecule has 0 fully saturated rings. The Kier molecular flexibility index (Phi) is 4.11. The number of carbonyl (C=O) groups excluding carboxylic acids is 1. The molecule has 0 saturated carbocycles. The van der Waals surface area contributed by atoms with Crippen LogP contribution in [0.3, 0.4) is 0 Å². The fourth-order valence-corrected chi connectivity index (χ4v) is 3.00. The lowest BCUT2D eigenvalue weighted by Crippen LogP contribution is -2.42. The van der Waals surface area contributed by atoms with Crippen LogP contribution in [0.1, 0.15) is 18.9 Å². The molecule has 2 rings (SSSR count). The quantitative estimate of drug-likeness (QED) is 0.905. The summed E-state index contributed by atoms with van der Waals surface area (Å²) in [6.07, 6.45) is 5.44. The Labute approximate surface area is 111 Å². The lowest BCUT2D eigenvalue weighted by molar-refractivity contribution is -0.121. The van der Waals surface area contributed by atoms with Gasteiger partial charge in [-0.15, -0.1) is 0 Å². The summed E-state index contributed by atoms with van der Waals surface area (Å²) in [7, 11) is 0. The normalized spacial score (nSPS) is 16.2. The van der Waals surface area contributed by atoms with E-state index in [1.54, 1.807) is 22.9 Å². The Balaban J connectivity index is 2.33. The lowest BCUT2D eigenvalue weighted by atomic mass is 10.0. The maximum absolute atomic E-state index is 12.4. The highest BCUT2D eigenvalue weighted by atomic mass is 32.2. The Morgan fingerprint density at radius 3 is 3.11 bits per heavy atom. The number of aromatic nitrogens is 1. The minimum absolute atomic E-state index is 0.0504. The smallest absolute Gasteiger partial charge is 0.272 e. The fraction of sp³-hybridized carbons (Fsp3) is 0.538. The fourth-order valence-electron chi connectivity index (χ4n) is 2.36. The topological polar surface area (TPSA) is 53.2 Å². The number of H-pyrrole nitrogens is 1. The molecule has 18 heavy (non-hydrogen) atoms. The molecule has 1 amide bonds. The van der Waals surface area contributed by atoms with Crippen LogP contribution in [0, 0.1) is 5.92 Å². The predicted octanol–water partition coefficient (Wildman–Crippen LogP) is 1.65. The number of hydrogen-bond acceptors (Lipinski definition) is 3. The van der Waals surface area contributed by atoms with Crippen LogP contribution in [0.25, 0.3) is 0 Å². The van der Waals surface area contributed by atoms with Gasteiger partial charge in [-0.2, -0.15) is 11.8 Å². The van der Waals surface area contributed by atoms with Crippen LogP contribution >= 0.6 is 11.8 Å². The highest BCUT2D eigenvalue weighted by molar-refractivity contribution is 7.98. The van der Waals surface area contributed by atoms with Gasteiger partial charge in [0.2, 0.25) is 5.91 Å². The van der Waals surface area contributed by atoms with Gasteiger partial charge in [-0.3, -0.25) is 9.59 Å². The first-order valence-electron chi connectivity index (χ1n) is 6.16. The molecule has 1 aromatic rings. The van der Waals surface area contributed by atoms with Crippen molar-refractivity contribution >= 4 is 23.4 Å². The van der Waals surface area contributed by atoms with E-state index < -0.39 is 0 Å². The van der Waals surface area contributed by atoms with Gasteiger partial charge in [0.05, 0.1) is 0 Å². The second-order valence-corrected chi connectivity index (χ2v) is 5.54. The molecule has 4 nitrogen and oxygen atoms in total. The minimum Gasteiger partial charge on any atom is -0.327 e. The Bertz CT molecular complexity index is 498. The van der Waals surface area contributed by atoms with Gasteiger partial charge in [-0.25, -0.2) is 0 Å². The molecule has 98 valence electrons. The van der Waals surface area contributed by atoms with Gasteiger partial charge in [0.15, 0.2) is 0 Å². The molecular weight excluding hydrogens is 248 g/mol. The summed E-state index contributed by atoms with van der Waals surface area (Å²) in [5.74, 6) is 0.794. The molecule has 2 heterocycles. The van der Waals surface area contributed by atoms with E-state index in [0.29, 0.717) is 12.2 Å². The van der Waals surface area contributed by atoms with Crippen molar-refractivity contribution in [2.75, 3.05) is 23.5 Å². The van der Waals surface area contributed by atoms with Gasteiger partial charge in [0.1, 0.15) is 5.69 Å². The van der Waals surface area contributed by atoms with Crippen molar-refractivity contribution < 1.29 is 4.79 Å². The molecule has 1 atom stereocenters. The maximum Gasteiger partial charge on any atom is 0.272 e. The zero-order chi connectivity index (χ0) is 13.1. The number of amides is 1. The molecule has 1 aliphatic rings. The van der Waals surface area contributed by atoms with Crippen LogP contribution in [0.4, 0.5) is 5.69 Å². The highest BCUT2D eigenvalue weighted by Crippen LogP contribution is 2.24. The van der Waals surface area contributed by atoms with E-state index in [4.69, 9.17) is 0 Å². The van der Waals surface area contributed by atoms with Crippen LogP contribution in [-0.4, -0.2) is 29.4 Å². The van der Waals surface area contributed by atoms with E-state index in [-0.39, 0.29) is 17.4 Å². The number of nitrogens with one attached hydrogen (secondary N) is 1. The van der Waals surface area contributed by atoms with Crippen molar-refractivity contribution in [1.29, 1.82) is 0 Å². The molecular formula is C13H18N2O2S. The largest absolute Gasteiger partial charge is 0.327 e. The van der Waals surface area contributed by atoms with Gasteiger partial charge in [-0.05, 0) is 30.7 Å². The number of fused-ring (bicyclic) bond motifs is 1. The van der Waals surface area contributed by atoms with Crippen LogP contribution in [0.2, 0.25) is 0 Å². The van der Waals surface area contributed by atoms with E-state index >= 15 is 0 Å². The second-order valence-electron chi connectivity index (χ2n) is 4.63. The molecule has 0 bridgehead atoms. The van der Waals surface area contributed by atoms with Crippen LogP contribution in [-0.2, 0) is 11.2 Å². The van der Waals surface area contributed by atoms with Gasteiger partial charge >= 0.3 is 0 Å². The number of pyridine rings is 1. The highest BCUT2D eigenvalue weighted by Gasteiger charge is 2.27. The average molecular weight is 266 g/mol. The summed E-state index contributed by atoms with van der Waals surface area (Å²) in [6, 6.07) is 1.90. The first kappa shape index (κ1) is 13.2. The second kappa shape index (κ2) is 5.61. The summed E-state index contributed by atoms with van der Waals surface area (Å²) < 4.78 is 0. The van der Waals surface area contributed by atoms with E-state index in [1.807, 2.05) is 19.2 Å². The maximum atomic E-state index is 12.4. The Morgan fingerprint density at radius 2 is 2.39 bits per heavy atom. The molecule has 0 radical (unpaired) electrons. The standard InChI is InChI=1S/C13H18N2O2S/c1-9(8-18-2)13(17)15-7-3-4-10-5-6-14-12(16)11(10)15/h5-6,9H,3-4,7-8H2,1-2H3,(H,14,16). The molecule has 0 spiro atoms. The molecule has 1 N–H and O–H groups in total. The van der Waals surface area contributed by atoms with Crippen molar-refractivity contribution in [1.82, 2.24) is 4.98 Å². The van der Waals surface area contributed by atoms with Crippen molar-refractivity contribution in [3.8, 4) is 0 Å². The SMILES string of the molecule is CSCC(C)C(=O)N1CCCc2cc[nH]c(=O)c21. The Hall–Kier alpha value is -1.23. The zero-order valence-corrected chi connectivity index (χ0v) is 11.5. The van der Waals surface area contributed by atoms with E-state index in [0.717, 1.165) is 24.2 Å². The summed E-state index contributed by atoms with van der Waals surface area (Å²) in [4.78, 5) is 28.6. The first-order valence-corrected chi connectivity index (χ1v) is 7.55. The molecule has 0 aromatic carbocycles. The van der Waals surface area contributed by atoms with E-state index in [9.17, 15) is 9.59 Å². The number of anilines is 1. The van der Waals surface area contributed by atoms with E-state index in [1.165, 1.54) is 0 Å². The summed E-state index contributed by atoms with van der Waals surface area (Å²) in [5.41, 5.74) is 1.38. The number of carbonyl (C=O) groups is 1. The molecule has 1 aliphatic heterocycles. The van der Waals surface area contributed by atoms with Gasteiger partial charge in [0.25, 0.3) is 5.56 Å². The van der Waals surface area contributed by atoms with Gasteiger partial charge < -0.3 is 9.88 Å². The molecule has 5 heteroatoms. The third kappa shape index (κ3) is 2.46. The van der Waals surface area contributed by atoms with Crippen LogP contribution < -0.4 is 10.5 Å². The zero-order valence-electron chi connectivity index (χ0n) is 10.7. The monoisotopic (exact) mass is 266 g/mol. The third-order valence-electron chi connectivity index (χ3n) is 3.22. The van der Waals surface area contributed by atoms with Crippen molar-refractivity contribution in [2.45, 2.75) is 19.8 Å². The van der Waals surface area contributed by atoms with Crippen molar-refractivity contribution in [2.24, 2.45) is 5.92 Å². The van der Waals surface area contributed by atoms with Crippen molar-refractivity contribution in [3.05, 3.63) is 28.2 Å². The number of hydrogen-bond donors (Lipinski definition) is 1. The molecule has 0 saturated heterocycles. The average Bonchev–Trinajstić information content (AvgIpc) is 2.38. The summed E-state index contributed by atoms with van der Waals surface area (Å²) in [6.45, 7) is 2.57. The lowest BCUT2D eigenvalue weighted by Gasteiger charge is -2.30. The Morgan fingerprint density at radius 1 is 1.61 bits per heavy atom. The van der Waals surface area contributed by atoms with E-state index in [2.05, 4.69) is 4.98 Å². The first-order chi connectivity index (χ1) is 8.65. The van der Waals surface area contributed by atoms with Gasteiger partial charge in [-0.1, -0.05) is 6.92 Å². The number of nitrogens with zero attached hydrogens (tertiary/aromatic N) is 1. The molecule has 1 aromatic heterocycles.